The largest absolute Gasteiger partial charge is 0.248 e. The molecule has 0 atom stereocenters. The minimum absolute atomic E-state index is 0.248. The van der Waals surface area contributed by atoms with Crippen molar-refractivity contribution in [2.45, 2.75) is 0 Å². The third kappa shape index (κ3) is 1.78. The van der Waals surface area contributed by atoms with Crippen LogP contribution in [0.5, 0.6) is 0 Å². The van der Waals surface area contributed by atoms with Gasteiger partial charge in [0.15, 0.2) is 0 Å². The second-order valence-corrected chi connectivity index (χ2v) is 3.80. The van der Waals surface area contributed by atoms with Gasteiger partial charge in [-0.05, 0) is 36.4 Å². The van der Waals surface area contributed by atoms with Gasteiger partial charge in [-0.3, -0.25) is 0 Å². The predicted octanol–water partition coefficient (Wildman–Crippen LogP) is 3.84. The van der Waals surface area contributed by atoms with Gasteiger partial charge in [0.25, 0.3) is 0 Å². The fourth-order valence-corrected chi connectivity index (χ4v) is 1.83. The van der Waals surface area contributed by atoms with Crippen molar-refractivity contribution in [3.63, 3.8) is 0 Å². The lowest BCUT2D eigenvalue weighted by atomic mass is 10.1. The zero-order valence-electron chi connectivity index (χ0n) is 9.02. The molecule has 2 aromatic carbocycles. The summed E-state index contributed by atoms with van der Waals surface area (Å²) in [4.78, 5) is 4.45. The molecule has 0 N–H and O–H groups in total. The summed E-state index contributed by atoms with van der Waals surface area (Å²) in [5.41, 5.74) is 2.04. The monoisotopic (exact) mass is 222 g/mol. The second-order valence-electron chi connectivity index (χ2n) is 3.80. The number of pyridine rings is 1. The van der Waals surface area contributed by atoms with Gasteiger partial charge in [-0.1, -0.05) is 24.3 Å². The van der Waals surface area contributed by atoms with Crippen LogP contribution in [0.3, 0.4) is 0 Å². The number of rotatable bonds is 1. The Morgan fingerprint density at radius 2 is 1.88 bits per heavy atom. The average Bonchev–Trinajstić information content (AvgIpc) is 2.39. The van der Waals surface area contributed by atoms with Gasteiger partial charge in [-0.25, -0.2) is 9.37 Å². The van der Waals surface area contributed by atoms with Crippen LogP contribution in [0.4, 0.5) is 4.39 Å². The molecule has 0 aliphatic carbocycles. The highest BCUT2D eigenvalue weighted by molar-refractivity contribution is 5.81. The van der Waals surface area contributed by atoms with E-state index in [0.717, 1.165) is 10.9 Å². The van der Waals surface area contributed by atoms with Gasteiger partial charge in [-0.15, -0.1) is 0 Å². The minimum Gasteiger partial charge on any atom is -0.248 e. The SMILES string of the molecule is Fc1ccccc1-c1ccc2c[c]ccc2n1. The van der Waals surface area contributed by atoms with E-state index in [1.807, 2.05) is 30.3 Å². The molecule has 3 rings (SSSR count). The van der Waals surface area contributed by atoms with Crippen LogP contribution in [0, 0.1) is 11.9 Å². The Morgan fingerprint density at radius 1 is 1.00 bits per heavy atom. The van der Waals surface area contributed by atoms with Gasteiger partial charge < -0.3 is 0 Å². The quantitative estimate of drug-likeness (QED) is 0.609. The molecule has 0 aliphatic rings. The summed E-state index contributed by atoms with van der Waals surface area (Å²) in [5, 5.41) is 1.01. The summed E-state index contributed by atoms with van der Waals surface area (Å²) in [6, 6.07) is 19.0. The standard InChI is InChI=1S/C15H9FN/c16-13-7-3-2-6-12(13)15-10-9-11-5-1-4-8-14(11)17-15/h2-10H. The number of benzene rings is 2. The first kappa shape index (κ1) is 9.97. The molecule has 17 heavy (non-hydrogen) atoms. The molecule has 0 bridgehead atoms. The topological polar surface area (TPSA) is 12.9 Å². The Bertz CT molecular complexity index is 676. The Labute approximate surface area is 98.6 Å². The van der Waals surface area contributed by atoms with Crippen molar-refractivity contribution >= 4 is 10.9 Å². The van der Waals surface area contributed by atoms with Crippen molar-refractivity contribution in [1.82, 2.24) is 4.98 Å². The average molecular weight is 222 g/mol. The van der Waals surface area contributed by atoms with E-state index in [1.165, 1.54) is 6.07 Å². The molecule has 2 heteroatoms. The fraction of sp³-hybridized carbons (Fsp3) is 0. The lowest BCUT2D eigenvalue weighted by Gasteiger charge is -2.03. The normalized spacial score (nSPS) is 10.6. The molecule has 0 unspecified atom stereocenters. The Morgan fingerprint density at radius 3 is 2.76 bits per heavy atom. The van der Waals surface area contributed by atoms with Crippen LogP contribution in [0.1, 0.15) is 0 Å². The first-order chi connectivity index (χ1) is 8.34. The van der Waals surface area contributed by atoms with Crippen LogP contribution in [0.15, 0.2) is 54.6 Å². The lowest BCUT2D eigenvalue weighted by Crippen LogP contribution is -1.88. The summed E-state index contributed by atoms with van der Waals surface area (Å²) in [7, 11) is 0. The molecule has 81 valence electrons. The highest BCUT2D eigenvalue weighted by Crippen LogP contribution is 2.22. The van der Waals surface area contributed by atoms with E-state index in [-0.39, 0.29) is 5.82 Å². The van der Waals surface area contributed by atoms with E-state index in [2.05, 4.69) is 11.1 Å². The van der Waals surface area contributed by atoms with E-state index in [9.17, 15) is 4.39 Å². The maximum atomic E-state index is 13.6. The molecule has 3 aromatic rings. The third-order valence-corrected chi connectivity index (χ3v) is 2.68. The molecular formula is C15H9FN. The smallest absolute Gasteiger partial charge is 0.132 e. The maximum absolute atomic E-state index is 13.6. The van der Waals surface area contributed by atoms with Crippen molar-refractivity contribution in [2.24, 2.45) is 0 Å². The Hall–Kier alpha value is -2.22. The van der Waals surface area contributed by atoms with Crippen LogP contribution >= 0.6 is 0 Å². The van der Waals surface area contributed by atoms with Gasteiger partial charge in [0, 0.05) is 10.9 Å². The van der Waals surface area contributed by atoms with E-state index >= 15 is 0 Å². The number of aromatic nitrogens is 1. The minimum atomic E-state index is -0.248. The Kier molecular flexibility index (Phi) is 2.33. The number of fused-ring (bicyclic) bond motifs is 1. The van der Waals surface area contributed by atoms with Crippen LogP contribution in [-0.4, -0.2) is 4.98 Å². The second kappa shape index (κ2) is 3.98. The number of hydrogen-bond donors (Lipinski definition) is 0. The summed E-state index contributed by atoms with van der Waals surface area (Å²) >= 11 is 0. The van der Waals surface area contributed by atoms with E-state index in [1.54, 1.807) is 18.2 Å². The maximum Gasteiger partial charge on any atom is 0.132 e. The zero-order chi connectivity index (χ0) is 11.7. The Balaban J connectivity index is 2.22. The molecule has 1 radical (unpaired) electrons. The number of nitrogens with zero attached hydrogens (tertiary/aromatic N) is 1. The first-order valence-electron chi connectivity index (χ1n) is 5.36. The molecular weight excluding hydrogens is 213 g/mol. The molecule has 1 nitrogen and oxygen atoms in total. The van der Waals surface area contributed by atoms with E-state index in [4.69, 9.17) is 0 Å². The number of halogens is 1. The molecule has 0 fully saturated rings. The van der Waals surface area contributed by atoms with Crippen molar-refractivity contribution < 1.29 is 4.39 Å². The summed E-state index contributed by atoms with van der Waals surface area (Å²) in [6.45, 7) is 0. The molecule has 1 aromatic heterocycles. The van der Waals surface area contributed by atoms with E-state index < -0.39 is 0 Å². The highest BCUT2D eigenvalue weighted by atomic mass is 19.1. The van der Waals surface area contributed by atoms with Gasteiger partial charge in [0.05, 0.1) is 11.2 Å². The van der Waals surface area contributed by atoms with Crippen LogP contribution < -0.4 is 0 Å². The fourth-order valence-electron chi connectivity index (χ4n) is 1.83. The highest BCUT2D eigenvalue weighted by Gasteiger charge is 2.05. The van der Waals surface area contributed by atoms with Gasteiger partial charge in [0.1, 0.15) is 5.82 Å². The number of hydrogen-bond acceptors (Lipinski definition) is 1. The van der Waals surface area contributed by atoms with Crippen molar-refractivity contribution in [2.75, 3.05) is 0 Å². The molecule has 0 aliphatic heterocycles. The van der Waals surface area contributed by atoms with Crippen LogP contribution in [-0.2, 0) is 0 Å². The van der Waals surface area contributed by atoms with Crippen molar-refractivity contribution in [3.8, 4) is 11.3 Å². The van der Waals surface area contributed by atoms with Crippen molar-refractivity contribution in [1.29, 1.82) is 0 Å². The molecule has 0 spiro atoms. The van der Waals surface area contributed by atoms with Gasteiger partial charge in [0.2, 0.25) is 0 Å². The van der Waals surface area contributed by atoms with Crippen LogP contribution in [0.2, 0.25) is 0 Å². The summed E-state index contributed by atoms with van der Waals surface area (Å²) in [6.07, 6.45) is 0. The van der Waals surface area contributed by atoms with E-state index in [0.29, 0.717) is 11.3 Å². The van der Waals surface area contributed by atoms with Gasteiger partial charge in [-0.2, -0.15) is 0 Å². The zero-order valence-corrected chi connectivity index (χ0v) is 9.02. The first-order valence-corrected chi connectivity index (χ1v) is 5.36. The lowest BCUT2D eigenvalue weighted by molar-refractivity contribution is 0.631. The summed E-state index contributed by atoms with van der Waals surface area (Å²) < 4.78 is 13.6. The molecule has 1 heterocycles. The molecule has 0 amide bonds. The molecule has 0 saturated carbocycles. The van der Waals surface area contributed by atoms with Crippen LogP contribution in [0.25, 0.3) is 22.2 Å². The predicted molar refractivity (Wildman–Crippen MR) is 66.0 cm³/mol. The summed E-state index contributed by atoms with van der Waals surface area (Å²) in [5.74, 6) is -0.248. The third-order valence-electron chi connectivity index (χ3n) is 2.68. The molecule has 0 saturated heterocycles. The van der Waals surface area contributed by atoms with Gasteiger partial charge >= 0.3 is 0 Å². The van der Waals surface area contributed by atoms with Crippen molar-refractivity contribution in [3.05, 3.63) is 66.5 Å².